The average Bonchev–Trinajstić information content (AvgIpc) is 2.69. The number of rotatable bonds is 5. The maximum absolute atomic E-state index is 13.9. The molecule has 1 heterocycles. The lowest BCUT2D eigenvalue weighted by Gasteiger charge is -2.41. The maximum Gasteiger partial charge on any atom is 0.337 e. The van der Waals surface area contributed by atoms with Crippen LogP contribution < -0.4 is 9.64 Å². The molecule has 0 amide bonds. The van der Waals surface area contributed by atoms with Crippen molar-refractivity contribution >= 4 is 11.7 Å². The van der Waals surface area contributed by atoms with Gasteiger partial charge in [0.05, 0.1) is 19.8 Å². The molecule has 0 saturated carbocycles. The molecule has 0 radical (unpaired) electrons. The van der Waals surface area contributed by atoms with Crippen molar-refractivity contribution in [3.8, 4) is 5.75 Å². The molecule has 3 rings (SSSR count). The zero-order valence-electron chi connectivity index (χ0n) is 15.9. The number of carbonyl (C=O) groups excluding carboxylic acids is 1. The molecular weight excluding hydrogens is 347 g/mol. The monoisotopic (exact) mass is 372 g/mol. The number of nitrogens with zero attached hydrogens (tertiary/aromatic N) is 2. The summed E-state index contributed by atoms with van der Waals surface area (Å²) in [6.07, 6.45) is 0. The van der Waals surface area contributed by atoms with E-state index in [0.29, 0.717) is 18.2 Å². The average molecular weight is 372 g/mol. The zero-order chi connectivity index (χ0) is 19.4. The second-order valence-electron chi connectivity index (χ2n) is 6.77. The van der Waals surface area contributed by atoms with E-state index in [1.807, 2.05) is 18.2 Å². The van der Waals surface area contributed by atoms with Gasteiger partial charge in [0.2, 0.25) is 0 Å². The van der Waals surface area contributed by atoms with Crippen LogP contribution in [0.15, 0.2) is 42.5 Å². The Kier molecular flexibility index (Phi) is 5.96. The molecule has 144 valence electrons. The minimum absolute atomic E-state index is 0.270. The number of hydrogen-bond acceptors (Lipinski definition) is 5. The van der Waals surface area contributed by atoms with Gasteiger partial charge < -0.3 is 14.4 Å². The summed E-state index contributed by atoms with van der Waals surface area (Å²) in [5.74, 6) is -0.384. The zero-order valence-corrected chi connectivity index (χ0v) is 15.9. The summed E-state index contributed by atoms with van der Waals surface area (Å²) in [4.78, 5) is 16.2. The first-order chi connectivity index (χ1) is 13.0. The number of methoxy groups -OCH3 is 2. The van der Waals surface area contributed by atoms with Crippen molar-refractivity contribution in [3.05, 3.63) is 59.4 Å². The highest BCUT2D eigenvalue weighted by atomic mass is 19.1. The molecule has 1 aliphatic rings. The summed E-state index contributed by atoms with van der Waals surface area (Å²) in [5, 5.41) is 0. The maximum atomic E-state index is 13.9. The Morgan fingerprint density at radius 3 is 2.48 bits per heavy atom. The number of hydrogen-bond donors (Lipinski definition) is 0. The summed E-state index contributed by atoms with van der Waals surface area (Å²) in [6, 6.07) is 12.9. The van der Waals surface area contributed by atoms with E-state index in [0.717, 1.165) is 30.9 Å². The van der Waals surface area contributed by atoms with Gasteiger partial charge in [0.15, 0.2) is 11.6 Å². The SMILES string of the molecule is COC(=O)c1ccc(N2CCN(Cc3ccc(OC)c(F)c3)C(C)C2)cc1. The Bertz CT molecular complexity index is 795. The van der Waals surface area contributed by atoms with Crippen LogP contribution in [0.3, 0.4) is 0 Å². The molecule has 1 saturated heterocycles. The first kappa shape index (κ1) is 19.2. The van der Waals surface area contributed by atoms with Crippen molar-refractivity contribution in [2.75, 3.05) is 38.8 Å². The van der Waals surface area contributed by atoms with Crippen LogP contribution in [-0.4, -0.2) is 50.8 Å². The molecule has 1 fully saturated rings. The molecule has 0 aromatic heterocycles. The molecule has 0 N–H and O–H groups in total. The van der Waals surface area contributed by atoms with Gasteiger partial charge in [0.25, 0.3) is 0 Å². The second kappa shape index (κ2) is 8.39. The van der Waals surface area contributed by atoms with Crippen molar-refractivity contribution in [1.29, 1.82) is 0 Å². The Morgan fingerprint density at radius 1 is 1.15 bits per heavy atom. The van der Waals surface area contributed by atoms with Gasteiger partial charge in [-0.2, -0.15) is 0 Å². The highest BCUT2D eigenvalue weighted by Crippen LogP contribution is 2.23. The van der Waals surface area contributed by atoms with Crippen molar-refractivity contribution < 1.29 is 18.7 Å². The fourth-order valence-corrected chi connectivity index (χ4v) is 3.43. The Hall–Kier alpha value is -2.60. The van der Waals surface area contributed by atoms with E-state index in [1.165, 1.54) is 14.2 Å². The molecule has 0 spiro atoms. The molecule has 1 aliphatic heterocycles. The van der Waals surface area contributed by atoms with Crippen molar-refractivity contribution in [2.45, 2.75) is 19.5 Å². The Morgan fingerprint density at radius 2 is 1.89 bits per heavy atom. The van der Waals surface area contributed by atoms with Crippen LogP contribution in [0.25, 0.3) is 0 Å². The Labute approximate surface area is 159 Å². The van der Waals surface area contributed by atoms with Gasteiger partial charge in [-0.15, -0.1) is 0 Å². The minimum atomic E-state index is -0.327. The minimum Gasteiger partial charge on any atom is -0.494 e. The van der Waals surface area contributed by atoms with E-state index in [1.54, 1.807) is 24.3 Å². The summed E-state index contributed by atoms with van der Waals surface area (Å²) in [5.41, 5.74) is 2.58. The number of halogens is 1. The van der Waals surface area contributed by atoms with Crippen molar-refractivity contribution in [2.24, 2.45) is 0 Å². The van der Waals surface area contributed by atoms with Crippen LogP contribution in [0, 0.1) is 5.82 Å². The highest BCUT2D eigenvalue weighted by molar-refractivity contribution is 5.89. The molecule has 0 aliphatic carbocycles. The lowest BCUT2D eigenvalue weighted by Crippen LogP contribution is -2.51. The fraction of sp³-hybridized carbons (Fsp3) is 0.381. The fourth-order valence-electron chi connectivity index (χ4n) is 3.43. The largest absolute Gasteiger partial charge is 0.494 e. The molecule has 1 unspecified atom stereocenters. The van der Waals surface area contributed by atoms with Gasteiger partial charge >= 0.3 is 5.97 Å². The topological polar surface area (TPSA) is 42.0 Å². The van der Waals surface area contributed by atoms with Crippen LogP contribution in [0.1, 0.15) is 22.8 Å². The van der Waals surface area contributed by atoms with E-state index in [4.69, 9.17) is 9.47 Å². The number of anilines is 1. The van der Waals surface area contributed by atoms with Gasteiger partial charge in [-0.05, 0) is 48.9 Å². The smallest absolute Gasteiger partial charge is 0.337 e. The van der Waals surface area contributed by atoms with Crippen LogP contribution in [0.2, 0.25) is 0 Å². The molecule has 2 aromatic carbocycles. The lowest BCUT2D eigenvalue weighted by atomic mass is 10.1. The molecule has 1 atom stereocenters. The highest BCUT2D eigenvalue weighted by Gasteiger charge is 2.24. The van der Waals surface area contributed by atoms with E-state index in [-0.39, 0.29) is 17.5 Å². The van der Waals surface area contributed by atoms with Crippen molar-refractivity contribution in [3.63, 3.8) is 0 Å². The molecule has 6 heteroatoms. The van der Waals surface area contributed by atoms with Crippen LogP contribution in [-0.2, 0) is 11.3 Å². The molecule has 5 nitrogen and oxygen atoms in total. The van der Waals surface area contributed by atoms with Gasteiger partial charge in [0, 0.05) is 37.9 Å². The predicted octanol–water partition coefficient (Wildman–Crippen LogP) is 3.33. The molecular formula is C21H25FN2O3. The summed E-state index contributed by atoms with van der Waals surface area (Å²) < 4.78 is 23.6. The third kappa shape index (κ3) is 4.39. The number of benzene rings is 2. The van der Waals surface area contributed by atoms with Crippen LogP contribution in [0.4, 0.5) is 10.1 Å². The van der Waals surface area contributed by atoms with Crippen LogP contribution >= 0.6 is 0 Å². The van der Waals surface area contributed by atoms with E-state index in [9.17, 15) is 9.18 Å². The summed E-state index contributed by atoms with van der Waals surface area (Å²) in [6.45, 7) is 5.51. The standard InChI is InChI=1S/C21H25FN2O3/c1-15-13-24(18-7-5-17(6-8-18)21(25)27-3)11-10-23(15)14-16-4-9-20(26-2)19(22)12-16/h4-9,12,15H,10-11,13-14H2,1-3H3. The molecule has 2 aromatic rings. The van der Waals surface area contributed by atoms with Crippen LogP contribution in [0.5, 0.6) is 5.75 Å². The van der Waals surface area contributed by atoms with Gasteiger partial charge in [-0.1, -0.05) is 6.07 Å². The second-order valence-corrected chi connectivity index (χ2v) is 6.77. The van der Waals surface area contributed by atoms with Gasteiger partial charge in [0.1, 0.15) is 0 Å². The Balaban J connectivity index is 1.62. The summed E-state index contributed by atoms with van der Waals surface area (Å²) >= 11 is 0. The number of esters is 1. The van der Waals surface area contributed by atoms with E-state index < -0.39 is 0 Å². The quantitative estimate of drug-likeness (QED) is 0.753. The number of piperazine rings is 1. The molecule has 0 bridgehead atoms. The van der Waals surface area contributed by atoms with Gasteiger partial charge in [-0.25, -0.2) is 9.18 Å². The van der Waals surface area contributed by atoms with E-state index in [2.05, 4.69) is 16.7 Å². The predicted molar refractivity (Wildman–Crippen MR) is 103 cm³/mol. The van der Waals surface area contributed by atoms with Gasteiger partial charge in [-0.3, -0.25) is 4.90 Å². The third-order valence-corrected chi connectivity index (χ3v) is 5.02. The summed E-state index contributed by atoms with van der Waals surface area (Å²) in [7, 11) is 2.85. The molecule has 27 heavy (non-hydrogen) atoms. The van der Waals surface area contributed by atoms with E-state index >= 15 is 0 Å². The number of carbonyl (C=O) groups is 1. The first-order valence-corrected chi connectivity index (χ1v) is 9.01. The number of ether oxygens (including phenoxy) is 2. The lowest BCUT2D eigenvalue weighted by molar-refractivity contribution is 0.0600. The first-order valence-electron chi connectivity index (χ1n) is 9.01. The normalized spacial score (nSPS) is 17.6. The van der Waals surface area contributed by atoms with Crippen molar-refractivity contribution in [1.82, 2.24) is 4.90 Å². The third-order valence-electron chi connectivity index (χ3n) is 5.02.